The molecule has 0 fully saturated rings. The predicted octanol–water partition coefficient (Wildman–Crippen LogP) is 4.45. The van der Waals surface area contributed by atoms with Gasteiger partial charge in [0.05, 0.1) is 10.6 Å². The van der Waals surface area contributed by atoms with Gasteiger partial charge >= 0.3 is 5.97 Å². The number of hydrogen-bond donors (Lipinski definition) is 2. The van der Waals surface area contributed by atoms with Crippen LogP contribution >= 0.6 is 11.6 Å². The number of aromatic carboxylic acids is 1. The number of anilines is 1. The first-order valence-electron chi connectivity index (χ1n) is 7.14. The van der Waals surface area contributed by atoms with Crippen molar-refractivity contribution < 1.29 is 9.90 Å². The van der Waals surface area contributed by atoms with E-state index in [-0.39, 0.29) is 10.6 Å². The fourth-order valence-corrected chi connectivity index (χ4v) is 2.23. The number of halogens is 1. The number of carboxylic acid groups (broad SMARTS) is 1. The van der Waals surface area contributed by atoms with Crippen LogP contribution in [0.25, 0.3) is 0 Å². The molecule has 112 valence electrons. The van der Waals surface area contributed by atoms with Crippen LogP contribution in [0.3, 0.4) is 0 Å². The number of rotatable bonds is 9. The second-order valence-electron chi connectivity index (χ2n) is 5.35. The Morgan fingerprint density at radius 2 is 2.05 bits per heavy atom. The van der Waals surface area contributed by atoms with Crippen molar-refractivity contribution in [3.8, 4) is 0 Å². The van der Waals surface area contributed by atoms with E-state index in [0.717, 1.165) is 25.3 Å². The van der Waals surface area contributed by atoms with Crippen LogP contribution in [0, 0.1) is 5.92 Å². The Bertz CT molecular complexity index is 436. The van der Waals surface area contributed by atoms with E-state index in [2.05, 4.69) is 24.1 Å². The van der Waals surface area contributed by atoms with E-state index in [4.69, 9.17) is 16.7 Å². The highest BCUT2D eigenvalue weighted by Crippen LogP contribution is 2.23. The largest absolute Gasteiger partial charge is 0.478 e. The molecule has 0 aliphatic heterocycles. The zero-order valence-corrected chi connectivity index (χ0v) is 12.9. The molecule has 1 aromatic rings. The summed E-state index contributed by atoms with van der Waals surface area (Å²) in [5.41, 5.74) is 0.0844. The van der Waals surface area contributed by atoms with Gasteiger partial charge in [0.25, 0.3) is 0 Å². The van der Waals surface area contributed by atoms with Gasteiger partial charge in [-0.3, -0.25) is 0 Å². The zero-order valence-electron chi connectivity index (χ0n) is 12.2. The Balaban J connectivity index is 2.29. The molecule has 0 saturated carbocycles. The van der Waals surface area contributed by atoms with Crippen LogP contribution in [-0.2, 0) is 0 Å². The highest BCUT2D eigenvalue weighted by atomic mass is 35.5. The van der Waals surface area contributed by atoms with E-state index in [0.29, 0.717) is 5.82 Å². The fourth-order valence-electron chi connectivity index (χ4n) is 1.97. The molecule has 0 saturated heterocycles. The van der Waals surface area contributed by atoms with E-state index in [1.165, 1.54) is 31.5 Å². The molecule has 0 aliphatic rings. The molecule has 0 radical (unpaired) electrons. The maximum absolute atomic E-state index is 10.9. The van der Waals surface area contributed by atoms with Gasteiger partial charge in [-0.05, 0) is 18.4 Å². The topological polar surface area (TPSA) is 62.2 Å². The lowest BCUT2D eigenvalue weighted by molar-refractivity contribution is 0.0697. The number of nitrogens with zero attached hydrogens (tertiary/aromatic N) is 1. The van der Waals surface area contributed by atoms with Crippen LogP contribution < -0.4 is 5.32 Å². The van der Waals surface area contributed by atoms with Gasteiger partial charge < -0.3 is 10.4 Å². The van der Waals surface area contributed by atoms with E-state index in [9.17, 15) is 4.79 Å². The maximum Gasteiger partial charge on any atom is 0.337 e. The van der Waals surface area contributed by atoms with Crippen molar-refractivity contribution in [2.75, 3.05) is 11.9 Å². The standard InChI is InChI=1S/C15H23ClN2O2/c1-11(2)7-5-3-4-6-9-17-14-13(16)12(15(19)20)8-10-18-14/h8,10-11H,3-7,9H2,1-2H3,(H,17,18)(H,19,20). The Hall–Kier alpha value is -1.29. The van der Waals surface area contributed by atoms with Crippen LogP contribution in [0.4, 0.5) is 5.82 Å². The smallest absolute Gasteiger partial charge is 0.337 e. The average molecular weight is 299 g/mol. The third kappa shape index (κ3) is 5.78. The Kier molecular flexibility index (Phi) is 7.37. The summed E-state index contributed by atoms with van der Waals surface area (Å²) in [5.74, 6) is 0.192. The molecule has 20 heavy (non-hydrogen) atoms. The van der Waals surface area contributed by atoms with Crippen LogP contribution in [0.15, 0.2) is 12.3 Å². The predicted molar refractivity (Wildman–Crippen MR) is 82.6 cm³/mol. The molecular formula is C15H23ClN2O2. The summed E-state index contributed by atoms with van der Waals surface area (Å²) in [7, 11) is 0. The molecule has 0 aliphatic carbocycles. The van der Waals surface area contributed by atoms with Gasteiger partial charge in [-0.2, -0.15) is 0 Å². The van der Waals surface area contributed by atoms with Gasteiger partial charge in [-0.15, -0.1) is 0 Å². The van der Waals surface area contributed by atoms with Crippen LogP contribution in [0.1, 0.15) is 56.3 Å². The molecule has 0 atom stereocenters. The molecular weight excluding hydrogens is 276 g/mol. The SMILES string of the molecule is CC(C)CCCCCCNc1nccc(C(=O)O)c1Cl. The Morgan fingerprint density at radius 1 is 1.35 bits per heavy atom. The van der Waals surface area contributed by atoms with Gasteiger partial charge in [0.15, 0.2) is 0 Å². The van der Waals surface area contributed by atoms with Gasteiger partial charge in [0.2, 0.25) is 0 Å². The summed E-state index contributed by atoms with van der Waals surface area (Å²) in [4.78, 5) is 15.0. The minimum atomic E-state index is -1.03. The third-order valence-electron chi connectivity index (χ3n) is 3.12. The molecule has 1 aromatic heterocycles. The fraction of sp³-hybridized carbons (Fsp3) is 0.600. The van der Waals surface area contributed by atoms with Crippen LogP contribution in [-0.4, -0.2) is 22.6 Å². The van der Waals surface area contributed by atoms with Crippen LogP contribution in [0.2, 0.25) is 5.02 Å². The quantitative estimate of drug-likeness (QED) is 0.661. The number of carboxylic acids is 1. The third-order valence-corrected chi connectivity index (χ3v) is 3.50. The monoisotopic (exact) mass is 298 g/mol. The van der Waals surface area contributed by atoms with Crippen molar-refractivity contribution in [2.24, 2.45) is 5.92 Å². The van der Waals surface area contributed by atoms with Crippen molar-refractivity contribution in [3.05, 3.63) is 22.8 Å². The zero-order chi connectivity index (χ0) is 15.0. The van der Waals surface area contributed by atoms with E-state index in [1.807, 2.05) is 0 Å². The average Bonchev–Trinajstić information content (AvgIpc) is 2.38. The molecule has 0 amide bonds. The molecule has 1 heterocycles. The molecule has 2 N–H and O–H groups in total. The summed E-state index contributed by atoms with van der Waals surface area (Å²) in [6, 6.07) is 1.40. The second-order valence-corrected chi connectivity index (χ2v) is 5.73. The molecule has 4 nitrogen and oxygen atoms in total. The van der Waals surface area contributed by atoms with Crippen molar-refractivity contribution in [2.45, 2.75) is 46.0 Å². The highest BCUT2D eigenvalue weighted by molar-refractivity contribution is 6.35. The number of nitrogens with one attached hydrogen (secondary N) is 1. The first-order valence-corrected chi connectivity index (χ1v) is 7.51. The van der Waals surface area contributed by atoms with Crippen molar-refractivity contribution in [1.29, 1.82) is 0 Å². The molecule has 1 rings (SSSR count). The number of unbranched alkanes of at least 4 members (excludes halogenated alkanes) is 3. The maximum atomic E-state index is 10.9. The van der Waals surface area contributed by atoms with Crippen LogP contribution in [0.5, 0.6) is 0 Å². The summed E-state index contributed by atoms with van der Waals surface area (Å²) in [5, 5.41) is 12.2. The highest BCUT2D eigenvalue weighted by Gasteiger charge is 2.12. The van der Waals surface area contributed by atoms with Crippen molar-refractivity contribution in [1.82, 2.24) is 4.98 Å². The van der Waals surface area contributed by atoms with Crippen molar-refractivity contribution >= 4 is 23.4 Å². The first kappa shape index (κ1) is 16.8. The summed E-state index contributed by atoms with van der Waals surface area (Å²) < 4.78 is 0. The van der Waals surface area contributed by atoms with E-state index < -0.39 is 5.97 Å². The van der Waals surface area contributed by atoms with Gasteiger partial charge in [0, 0.05) is 12.7 Å². The Morgan fingerprint density at radius 3 is 2.70 bits per heavy atom. The normalized spacial score (nSPS) is 10.8. The second kappa shape index (κ2) is 8.80. The lowest BCUT2D eigenvalue weighted by Gasteiger charge is -2.09. The number of pyridine rings is 1. The molecule has 5 heteroatoms. The van der Waals surface area contributed by atoms with Gasteiger partial charge in [-0.1, -0.05) is 51.1 Å². The summed E-state index contributed by atoms with van der Waals surface area (Å²) >= 11 is 6.00. The Labute approximate surface area is 125 Å². The van der Waals surface area contributed by atoms with E-state index >= 15 is 0 Å². The molecule has 0 spiro atoms. The minimum Gasteiger partial charge on any atom is -0.478 e. The molecule has 0 unspecified atom stereocenters. The number of carbonyl (C=O) groups is 1. The number of aromatic nitrogens is 1. The summed E-state index contributed by atoms with van der Waals surface area (Å²) in [6.07, 6.45) is 7.44. The lowest BCUT2D eigenvalue weighted by Crippen LogP contribution is -2.07. The minimum absolute atomic E-state index is 0.0844. The van der Waals surface area contributed by atoms with Gasteiger partial charge in [-0.25, -0.2) is 9.78 Å². The van der Waals surface area contributed by atoms with Gasteiger partial charge in [0.1, 0.15) is 5.82 Å². The van der Waals surface area contributed by atoms with E-state index in [1.54, 1.807) is 0 Å². The number of hydrogen-bond acceptors (Lipinski definition) is 3. The molecule has 0 aromatic carbocycles. The lowest BCUT2D eigenvalue weighted by atomic mass is 10.0. The van der Waals surface area contributed by atoms with Crippen molar-refractivity contribution in [3.63, 3.8) is 0 Å². The molecule has 0 bridgehead atoms. The first-order chi connectivity index (χ1) is 9.52. The summed E-state index contributed by atoms with van der Waals surface area (Å²) in [6.45, 7) is 5.24.